The molecule has 0 aliphatic carbocycles. The molecule has 0 bridgehead atoms. The molecular weight excluding hydrogens is 1000 g/mol. The molecule has 0 aromatic heterocycles. The summed E-state index contributed by atoms with van der Waals surface area (Å²) in [4.78, 5) is 37.8. The highest BCUT2D eigenvalue weighted by Gasteiger charge is 2.30. The van der Waals surface area contributed by atoms with Crippen LogP contribution in [-0.4, -0.2) is 74.3 Å². The summed E-state index contributed by atoms with van der Waals surface area (Å²) in [5.74, 6) is -0.487. The summed E-state index contributed by atoms with van der Waals surface area (Å²) in [7, 11) is 1.51. The van der Waals surface area contributed by atoms with Crippen molar-refractivity contribution < 1.29 is 37.3 Å². The Hall–Kier alpha value is -1.51. The van der Waals surface area contributed by atoms with Gasteiger partial charge in [0.25, 0.3) is 0 Å². The van der Waals surface area contributed by atoms with Gasteiger partial charge in [0.05, 0.1) is 33.8 Å². The minimum atomic E-state index is -4.45. The van der Waals surface area contributed by atoms with Gasteiger partial charge in [0.1, 0.15) is 19.3 Å². The normalized spacial score (nSPS) is 13.7. The molecule has 0 aliphatic heterocycles. The Kier molecular flexibility index (Phi) is 58.5. The fourth-order valence-electron chi connectivity index (χ4n) is 10.5. The van der Waals surface area contributed by atoms with Crippen LogP contribution in [0.2, 0.25) is 0 Å². The molecule has 0 spiro atoms. The Balaban J connectivity index is 5.03. The lowest BCUT2D eigenvalue weighted by Crippen LogP contribution is -2.47. The molecule has 1 amide bonds. The predicted molar refractivity (Wildman–Crippen MR) is 342 cm³/mol. The molecule has 9 nitrogen and oxygen atoms in total. The van der Waals surface area contributed by atoms with Crippen LogP contribution in [0, 0.1) is 0 Å². The Bertz CT molecular complexity index is 1400. The highest BCUT2D eigenvalue weighted by Crippen LogP contribution is 2.43. The summed E-state index contributed by atoms with van der Waals surface area (Å²) in [6, 6.07) is -0.844. The summed E-state index contributed by atoms with van der Waals surface area (Å²) in [6.07, 6.45) is 71.9. The first-order chi connectivity index (χ1) is 38.4. The summed E-state index contributed by atoms with van der Waals surface area (Å²) in [5, 5.41) is 3.07. The number of nitrogens with one attached hydrogen (secondary N) is 1. The average Bonchev–Trinajstić information content (AvgIpc) is 3.41. The van der Waals surface area contributed by atoms with Crippen molar-refractivity contribution in [2.75, 3.05) is 40.9 Å². The van der Waals surface area contributed by atoms with Gasteiger partial charge in [-0.15, -0.1) is 0 Å². The fraction of sp³-hybridized carbons (Fsp3) is 0.913. The van der Waals surface area contributed by atoms with Gasteiger partial charge in [-0.1, -0.05) is 309 Å². The lowest BCUT2D eigenvalue weighted by molar-refractivity contribution is -0.870. The van der Waals surface area contributed by atoms with E-state index in [1.54, 1.807) is 0 Å². The molecule has 0 aromatic carbocycles. The Morgan fingerprint density at radius 1 is 0.430 bits per heavy atom. The molecule has 0 fully saturated rings. The molecule has 3 unspecified atom stereocenters. The number of unbranched alkanes of at least 4 members (excludes halogenated alkanes) is 46. The molecular formula is C69H136N2O7P+. The number of rotatable bonds is 64. The number of ether oxygens (including phenoxy) is 1. The van der Waals surface area contributed by atoms with E-state index in [-0.39, 0.29) is 25.1 Å². The van der Waals surface area contributed by atoms with Crippen molar-refractivity contribution in [3.63, 3.8) is 0 Å². The monoisotopic (exact) mass is 1140 g/mol. The van der Waals surface area contributed by atoms with E-state index >= 15 is 0 Å². The van der Waals surface area contributed by atoms with Gasteiger partial charge in [-0.2, -0.15) is 0 Å². The van der Waals surface area contributed by atoms with Gasteiger partial charge in [0, 0.05) is 12.8 Å². The van der Waals surface area contributed by atoms with Crippen LogP contribution in [0.3, 0.4) is 0 Å². The second-order valence-electron chi connectivity index (χ2n) is 25.1. The SMILES string of the molecule is CCCCCCCC/C=C/CCCCCCCCCCCC(=O)OC(/C=C/CCCCCCCCCCC)C(COP(=O)(O)OCC[N+](C)(C)C)NC(=O)CCCCCCCCCCCCCCCCCCCCCCCCC. The number of phosphoric acid groups is 1. The second-order valence-corrected chi connectivity index (χ2v) is 26.5. The zero-order valence-electron chi connectivity index (χ0n) is 53.6. The van der Waals surface area contributed by atoms with E-state index in [0.717, 1.165) is 57.8 Å². The smallest absolute Gasteiger partial charge is 0.456 e. The third kappa shape index (κ3) is 60.9. The van der Waals surface area contributed by atoms with Crippen LogP contribution >= 0.6 is 7.82 Å². The van der Waals surface area contributed by atoms with Crippen LogP contribution in [0.5, 0.6) is 0 Å². The van der Waals surface area contributed by atoms with Crippen molar-refractivity contribution >= 4 is 19.7 Å². The summed E-state index contributed by atoms with van der Waals surface area (Å²) in [6.45, 7) is 7.06. The van der Waals surface area contributed by atoms with E-state index in [2.05, 4.69) is 38.2 Å². The molecule has 3 atom stereocenters. The maximum absolute atomic E-state index is 13.6. The molecule has 0 saturated heterocycles. The van der Waals surface area contributed by atoms with Crippen molar-refractivity contribution in [3.05, 3.63) is 24.3 Å². The number of allylic oxidation sites excluding steroid dienone is 3. The van der Waals surface area contributed by atoms with Gasteiger partial charge in [-0.25, -0.2) is 4.57 Å². The number of nitrogens with zero attached hydrogens (tertiary/aromatic N) is 1. The largest absolute Gasteiger partial charge is 0.472 e. The minimum absolute atomic E-state index is 0.0438. The van der Waals surface area contributed by atoms with E-state index in [0.29, 0.717) is 23.9 Å². The first-order valence-electron chi connectivity index (χ1n) is 34.7. The first kappa shape index (κ1) is 77.5. The van der Waals surface area contributed by atoms with Crippen LogP contribution in [0.25, 0.3) is 0 Å². The van der Waals surface area contributed by atoms with E-state index in [1.165, 1.54) is 263 Å². The van der Waals surface area contributed by atoms with Gasteiger partial charge in [-0.3, -0.25) is 18.6 Å². The summed E-state index contributed by atoms with van der Waals surface area (Å²) >= 11 is 0. The standard InChI is InChI=1S/C69H135N2O7P/c1-7-10-13-16-19-22-25-27-29-31-33-34-35-36-38-39-41-43-46-49-52-55-58-61-68(72)70-66(65-77-79(74,75)76-64-63-71(4,5)6)67(60-57-54-51-48-45-24-21-18-15-12-9-3)78-69(73)62-59-56-53-50-47-44-42-40-37-32-30-28-26-23-20-17-14-11-8-2/h28,30,57,60,66-67H,7-27,29,31-56,58-59,61-65H2,1-6H3,(H-,70,72,74,75)/p+1/b30-28+,60-57+. The van der Waals surface area contributed by atoms with Gasteiger partial charge in [-0.05, 0) is 57.4 Å². The number of hydrogen-bond acceptors (Lipinski definition) is 6. The van der Waals surface area contributed by atoms with Crippen molar-refractivity contribution in [1.82, 2.24) is 5.32 Å². The zero-order valence-corrected chi connectivity index (χ0v) is 54.5. The number of likely N-dealkylation sites (N-methyl/N-ethyl adjacent to an activating group) is 1. The van der Waals surface area contributed by atoms with Crippen LogP contribution in [-0.2, 0) is 27.9 Å². The third-order valence-electron chi connectivity index (χ3n) is 15.9. The first-order valence-corrected chi connectivity index (χ1v) is 36.2. The zero-order chi connectivity index (χ0) is 57.9. The fourth-order valence-corrected chi connectivity index (χ4v) is 11.3. The van der Waals surface area contributed by atoms with Gasteiger partial charge >= 0.3 is 13.8 Å². The molecule has 0 saturated carbocycles. The minimum Gasteiger partial charge on any atom is -0.456 e. The number of phosphoric ester groups is 1. The molecule has 10 heteroatoms. The van der Waals surface area contributed by atoms with E-state index in [4.69, 9.17) is 13.8 Å². The quantitative estimate of drug-likeness (QED) is 0.0205. The van der Waals surface area contributed by atoms with Crippen LogP contribution in [0.1, 0.15) is 355 Å². The number of carbonyl (C=O) groups is 2. The van der Waals surface area contributed by atoms with E-state index < -0.39 is 20.0 Å². The second kappa shape index (κ2) is 59.6. The Labute approximate surface area is 492 Å². The Morgan fingerprint density at radius 2 is 0.734 bits per heavy atom. The summed E-state index contributed by atoms with van der Waals surface area (Å²) in [5.41, 5.74) is 0. The third-order valence-corrected chi connectivity index (χ3v) is 16.9. The van der Waals surface area contributed by atoms with Crippen LogP contribution in [0.4, 0.5) is 0 Å². The van der Waals surface area contributed by atoms with Crippen LogP contribution in [0.15, 0.2) is 24.3 Å². The van der Waals surface area contributed by atoms with Crippen molar-refractivity contribution in [1.29, 1.82) is 0 Å². The number of carbonyl (C=O) groups excluding carboxylic acids is 2. The number of amides is 1. The average molecular weight is 1140 g/mol. The van der Waals surface area contributed by atoms with Gasteiger partial charge in [0.15, 0.2) is 0 Å². The highest BCUT2D eigenvalue weighted by molar-refractivity contribution is 7.47. The number of hydrogen-bond donors (Lipinski definition) is 2. The lowest BCUT2D eigenvalue weighted by Gasteiger charge is -2.27. The Morgan fingerprint density at radius 3 is 1.08 bits per heavy atom. The summed E-state index contributed by atoms with van der Waals surface area (Å²) < 4.78 is 30.8. The van der Waals surface area contributed by atoms with Crippen molar-refractivity contribution in [2.24, 2.45) is 0 Å². The molecule has 0 heterocycles. The molecule has 0 rings (SSSR count). The van der Waals surface area contributed by atoms with E-state index in [1.807, 2.05) is 33.3 Å². The molecule has 0 radical (unpaired) electrons. The molecule has 468 valence electrons. The van der Waals surface area contributed by atoms with E-state index in [9.17, 15) is 19.0 Å². The molecule has 2 N–H and O–H groups in total. The molecule has 0 aromatic rings. The van der Waals surface area contributed by atoms with Gasteiger partial charge < -0.3 is 19.4 Å². The van der Waals surface area contributed by atoms with Crippen molar-refractivity contribution in [2.45, 2.75) is 367 Å². The van der Waals surface area contributed by atoms with Crippen molar-refractivity contribution in [3.8, 4) is 0 Å². The maximum atomic E-state index is 13.6. The van der Waals surface area contributed by atoms with Crippen LogP contribution < -0.4 is 5.32 Å². The topological polar surface area (TPSA) is 111 Å². The molecule has 79 heavy (non-hydrogen) atoms. The maximum Gasteiger partial charge on any atom is 0.472 e. The van der Waals surface area contributed by atoms with Gasteiger partial charge in [0.2, 0.25) is 5.91 Å². The number of esters is 1. The number of quaternary nitrogens is 1. The predicted octanol–water partition coefficient (Wildman–Crippen LogP) is 21.7. The lowest BCUT2D eigenvalue weighted by atomic mass is 10.0. The highest BCUT2D eigenvalue weighted by atomic mass is 31.2. The molecule has 0 aliphatic rings.